The molecule has 2 N–H and O–H groups in total. The second-order valence-electron chi connectivity index (χ2n) is 6.74. The smallest absolute Gasteiger partial charge is 0.241 e. The summed E-state index contributed by atoms with van der Waals surface area (Å²) < 4.78 is 27.1. The SMILES string of the molecule is CSc1cccc(NC(=O)CS(=O)(=O)Nc2ccc(N3CCCCC3)cc2)c1. The molecule has 1 heterocycles. The van der Waals surface area contributed by atoms with Crippen LogP contribution in [0.2, 0.25) is 0 Å². The summed E-state index contributed by atoms with van der Waals surface area (Å²) in [4.78, 5) is 15.4. The van der Waals surface area contributed by atoms with Crippen LogP contribution in [0.15, 0.2) is 53.4 Å². The van der Waals surface area contributed by atoms with E-state index in [1.165, 1.54) is 19.3 Å². The lowest BCUT2D eigenvalue weighted by Crippen LogP contribution is -2.29. The van der Waals surface area contributed by atoms with E-state index in [1.54, 1.807) is 30.0 Å². The predicted molar refractivity (Wildman–Crippen MR) is 117 cm³/mol. The van der Waals surface area contributed by atoms with Gasteiger partial charge in [-0.25, -0.2) is 8.42 Å². The van der Waals surface area contributed by atoms with Crippen molar-refractivity contribution in [3.8, 4) is 0 Å². The number of hydrogen-bond acceptors (Lipinski definition) is 5. The van der Waals surface area contributed by atoms with Crippen molar-refractivity contribution in [1.82, 2.24) is 0 Å². The molecule has 0 aliphatic carbocycles. The number of sulfonamides is 1. The van der Waals surface area contributed by atoms with Crippen molar-refractivity contribution in [2.24, 2.45) is 0 Å². The number of carbonyl (C=O) groups is 1. The maximum atomic E-state index is 12.3. The zero-order chi connectivity index (χ0) is 20.0. The van der Waals surface area contributed by atoms with Gasteiger partial charge in [-0.15, -0.1) is 11.8 Å². The van der Waals surface area contributed by atoms with Crippen molar-refractivity contribution < 1.29 is 13.2 Å². The molecule has 1 fully saturated rings. The Bertz CT molecular complexity index is 909. The summed E-state index contributed by atoms with van der Waals surface area (Å²) in [5.41, 5.74) is 2.13. The van der Waals surface area contributed by atoms with Crippen LogP contribution in [0.4, 0.5) is 17.1 Å². The molecular formula is C20H25N3O3S2. The van der Waals surface area contributed by atoms with Gasteiger partial charge in [-0.3, -0.25) is 9.52 Å². The Hall–Kier alpha value is -2.19. The summed E-state index contributed by atoms with van der Waals surface area (Å²) in [6.07, 6.45) is 5.57. The second kappa shape index (κ2) is 9.34. The number of thioether (sulfide) groups is 1. The summed E-state index contributed by atoms with van der Waals surface area (Å²) in [7, 11) is -3.79. The molecule has 0 aromatic heterocycles. The van der Waals surface area contributed by atoms with E-state index < -0.39 is 21.7 Å². The van der Waals surface area contributed by atoms with Crippen LogP contribution >= 0.6 is 11.8 Å². The van der Waals surface area contributed by atoms with Crippen LogP contribution in [0.25, 0.3) is 0 Å². The Balaban J connectivity index is 1.57. The second-order valence-corrected chi connectivity index (χ2v) is 9.34. The molecule has 2 aromatic carbocycles. The summed E-state index contributed by atoms with van der Waals surface area (Å²) in [5.74, 6) is -1.21. The van der Waals surface area contributed by atoms with E-state index in [0.29, 0.717) is 11.4 Å². The van der Waals surface area contributed by atoms with Crippen LogP contribution in [0.5, 0.6) is 0 Å². The zero-order valence-electron chi connectivity index (χ0n) is 15.8. The zero-order valence-corrected chi connectivity index (χ0v) is 17.5. The molecule has 0 spiro atoms. The van der Waals surface area contributed by atoms with Gasteiger partial charge in [0.05, 0.1) is 0 Å². The first-order valence-electron chi connectivity index (χ1n) is 9.24. The van der Waals surface area contributed by atoms with Crippen molar-refractivity contribution in [3.63, 3.8) is 0 Å². The third kappa shape index (κ3) is 5.90. The number of benzene rings is 2. The molecule has 1 saturated heterocycles. The van der Waals surface area contributed by atoms with Crippen LogP contribution < -0.4 is 14.9 Å². The maximum Gasteiger partial charge on any atom is 0.241 e. The van der Waals surface area contributed by atoms with E-state index in [4.69, 9.17) is 0 Å². The molecule has 150 valence electrons. The first-order chi connectivity index (χ1) is 13.4. The van der Waals surface area contributed by atoms with Gasteiger partial charge < -0.3 is 10.2 Å². The van der Waals surface area contributed by atoms with Gasteiger partial charge in [-0.05, 0) is 68.0 Å². The lowest BCUT2D eigenvalue weighted by atomic mass is 10.1. The summed E-state index contributed by atoms with van der Waals surface area (Å²) in [6, 6.07) is 14.6. The van der Waals surface area contributed by atoms with Gasteiger partial charge in [0, 0.05) is 35.0 Å². The van der Waals surface area contributed by atoms with Gasteiger partial charge in [0.15, 0.2) is 0 Å². The van der Waals surface area contributed by atoms with Crippen molar-refractivity contribution >= 4 is 44.8 Å². The van der Waals surface area contributed by atoms with Gasteiger partial charge in [0.25, 0.3) is 0 Å². The van der Waals surface area contributed by atoms with E-state index in [2.05, 4.69) is 14.9 Å². The minimum Gasteiger partial charge on any atom is -0.372 e. The molecule has 1 aliphatic rings. The van der Waals surface area contributed by atoms with E-state index in [9.17, 15) is 13.2 Å². The topological polar surface area (TPSA) is 78.5 Å². The highest BCUT2D eigenvalue weighted by molar-refractivity contribution is 7.98. The average molecular weight is 420 g/mol. The number of carbonyl (C=O) groups excluding carboxylic acids is 1. The quantitative estimate of drug-likeness (QED) is 0.668. The number of piperidine rings is 1. The largest absolute Gasteiger partial charge is 0.372 e. The van der Waals surface area contributed by atoms with Crippen LogP contribution in [-0.2, 0) is 14.8 Å². The Labute approximate surface area is 170 Å². The Morgan fingerprint density at radius 2 is 1.75 bits per heavy atom. The highest BCUT2D eigenvalue weighted by Crippen LogP contribution is 2.22. The Morgan fingerprint density at radius 3 is 2.43 bits per heavy atom. The number of rotatable bonds is 7. The minimum atomic E-state index is -3.79. The number of amides is 1. The molecule has 2 aromatic rings. The van der Waals surface area contributed by atoms with Crippen LogP contribution in [0.1, 0.15) is 19.3 Å². The van der Waals surface area contributed by atoms with Crippen LogP contribution in [-0.4, -0.2) is 39.4 Å². The van der Waals surface area contributed by atoms with Crippen LogP contribution in [0, 0.1) is 0 Å². The standard InChI is InChI=1S/C20H25N3O3S2/c1-27-19-7-5-6-17(14-19)21-20(24)15-28(25,26)22-16-8-10-18(11-9-16)23-12-3-2-4-13-23/h5-11,14,22H,2-4,12-13,15H2,1H3,(H,21,24). The van der Waals surface area contributed by atoms with Crippen molar-refractivity contribution in [2.45, 2.75) is 24.2 Å². The van der Waals surface area contributed by atoms with Gasteiger partial charge in [0.1, 0.15) is 5.75 Å². The first-order valence-corrected chi connectivity index (χ1v) is 12.1. The first kappa shape index (κ1) is 20.5. The van der Waals surface area contributed by atoms with E-state index in [0.717, 1.165) is 23.7 Å². The fourth-order valence-corrected chi connectivity index (χ4v) is 4.62. The van der Waals surface area contributed by atoms with Gasteiger partial charge in [-0.2, -0.15) is 0 Å². The van der Waals surface area contributed by atoms with Gasteiger partial charge >= 0.3 is 0 Å². The molecule has 6 nitrogen and oxygen atoms in total. The molecule has 0 atom stereocenters. The summed E-state index contributed by atoms with van der Waals surface area (Å²) in [6.45, 7) is 2.06. The number of anilines is 3. The number of nitrogens with zero attached hydrogens (tertiary/aromatic N) is 1. The lowest BCUT2D eigenvalue weighted by Gasteiger charge is -2.28. The normalized spacial score (nSPS) is 14.5. The predicted octanol–water partition coefficient (Wildman–Crippen LogP) is 3.78. The van der Waals surface area contributed by atoms with Crippen molar-refractivity contribution in [1.29, 1.82) is 0 Å². The van der Waals surface area contributed by atoms with Crippen molar-refractivity contribution in [3.05, 3.63) is 48.5 Å². The summed E-state index contributed by atoms with van der Waals surface area (Å²) >= 11 is 1.55. The van der Waals surface area contributed by atoms with Gasteiger partial charge in [0.2, 0.25) is 15.9 Å². The molecule has 28 heavy (non-hydrogen) atoms. The lowest BCUT2D eigenvalue weighted by molar-refractivity contribution is -0.113. The molecular weight excluding hydrogens is 394 g/mol. The average Bonchev–Trinajstić information content (AvgIpc) is 2.68. The number of nitrogens with one attached hydrogen (secondary N) is 2. The molecule has 1 amide bonds. The fraction of sp³-hybridized carbons (Fsp3) is 0.350. The molecule has 8 heteroatoms. The molecule has 0 saturated carbocycles. The van der Waals surface area contributed by atoms with Gasteiger partial charge in [-0.1, -0.05) is 6.07 Å². The molecule has 3 rings (SSSR count). The van der Waals surface area contributed by atoms with Crippen LogP contribution in [0.3, 0.4) is 0 Å². The number of hydrogen-bond donors (Lipinski definition) is 2. The minimum absolute atomic E-state index is 0.456. The fourth-order valence-electron chi connectivity index (χ4n) is 3.18. The van der Waals surface area contributed by atoms with E-state index in [1.807, 2.05) is 36.6 Å². The molecule has 1 aliphatic heterocycles. The summed E-state index contributed by atoms with van der Waals surface area (Å²) in [5, 5.41) is 2.63. The molecule has 0 unspecified atom stereocenters. The Morgan fingerprint density at radius 1 is 1.04 bits per heavy atom. The maximum absolute atomic E-state index is 12.3. The van der Waals surface area contributed by atoms with E-state index in [-0.39, 0.29) is 0 Å². The van der Waals surface area contributed by atoms with E-state index >= 15 is 0 Å². The highest BCUT2D eigenvalue weighted by Gasteiger charge is 2.17. The van der Waals surface area contributed by atoms with Crippen molar-refractivity contribution in [2.75, 3.05) is 40.0 Å². The highest BCUT2D eigenvalue weighted by atomic mass is 32.2. The third-order valence-electron chi connectivity index (χ3n) is 4.54. The monoisotopic (exact) mass is 419 g/mol. The Kier molecular flexibility index (Phi) is 6.85. The molecule has 0 bridgehead atoms. The molecule has 0 radical (unpaired) electrons. The third-order valence-corrected chi connectivity index (χ3v) is 6.45.